The summed E-state index contributed by atoms with van der Waals surface area (Å²) in [4.78, 5) is 25.9. The van der Waals surface area contributed by atoms with Gasteiger partial charge < -0.3 is 15.2 Å². The van der Waals surface area contributed by atoms with Crippen LogP contribution in [0, 0.1) is 5.92 Å². The van der Waals surface area contributed by atoms with Gasteiger partial charge in [-0.1, -0.05) is 19.9 Å². The van der Waals surface area contributed by atoms with Gasteiger partial charge in [0.2, 0.25) is 0 Å². The van der Waals surface area contributed by atoms with Gasteiger partial charge in [0.05, 0.1) is 0 Å². The molecule has 0 spiro atoms. The van der Waals surface area contributed by atoms with E-state index in [0.29, 0.717) is 19.4 Å². The lowest BCUT2D eigenvalue weighted by Gasteiger charge is -2.26. The molecule has 110 valence electrons. The van der Waals surface area contributed by atoms with Gasteiger partial charge in [-0.25, -0.2) is 0 Å². The van der Waals surface area contributed by atoms with Crippen LogP contribution < -0.4 is 5.32 Å². The number of carboxylic acids is 1. The van der Waals surface area contributed by atoms with Gasteiger partial charge in [0.25, 0.3) is 6.47 Å². The number of hydrogen-bond acceptors (Lipinski definition) is 5. The van der Waals surface area contributed by atoms with Crippen LogP contribution in [0.4, 0.5) is 0 Å². The van der Waals surface area contributed by atoms with Crippen LogP contribution in [-0.4, -0.2) is 41.2 Å². The van der Waals surface area contributed by atoms with Gasteiger partial charge in [0, 0.05) is 24.9 Å². The first-order valence-electron chi connectivity index (χ1n) is 6.51. The van der Waals surface area contributed by atoms with Crippen molar-refractivity contribution < 1.29 is 19.4 Å². The fourth-order valence-electron chi connectivity index (χ4n) is 1.93. The van der Waals surface area contributed by atoms with E-state index in [1.54, 1.807) is 6.20 Å². The van der Waals surface area contributed by atoms with E-state index < -0.39 is 18.1 Å². The largest absolute Gasteiger partial charge is 0.480 e. The predicted molar refractivity (Wildman–Crippen MR) is 73.1 cm³/mol. The Morgan fingerprint density at radius 2 is 2.25 bits per heavy atom. The number of rotatable bonds is 9. The van der Waals surface area contributed by atoms with Gasteiger partial charge >= 0.3 is 5.97 Å². The number of nitrogens with one attached hydrogen (secondary N) is 1. The molecule has 6 nitrogen and oxygen atoms in total. The van der Waals surface area contributed by atoms with Crippen molar-refractivity contribution in [3.63, 3.8) is 0 Å². The fraction of sp³-hybridized carbons (Fsp3) is 0.500. The average Bonchev–Trinajstić information content (AvgIpc) is 2.42. The Labute approximate surface area is 118 Å². The monoisotopic (exact) mass is 280 g/mol. The van der Waals surface area contributed by atoms with Crippen LogP contribution in [-0.2, 0) is 20.7 Å². The Hall–Kier alpha value is -1.95. The van der Waals surface area contributed by atoms with Gasteiger partial charge in [-0.2, -0.15) is 0 Å². The second kappa shape index (κ2) is 8.27. The lowest BCUT2D eigenvalue weighted by Crippen LogP contribution is -2.50. The number of hydrogen-bond donors (Lipinski definition) is 2. The number of ether oxygens (including phenoxy) is 1. The topological polar surface area (TPSA) is 88.5 Å². The molecule has 1 heterocycles. The Kier molecular flexibility index (Phi) is 6.66. The van der Waals surface area contributed by atoms with Crippen LogP contribution in [0.1, 0.15) is 19.5 Å². The minimum absolute atomic E-state index is 0.0938. The molecule has 2 N–H and O–H groups in total. The highest BCUT2D eigenvalue weighted by molar-refractivity contribution is 5.74. The second-order valence-electron chi connectivity index (χ2n) is 4.78. The molecule has 1 aromatic heterocycles. The highest BCUT2D eigenvalue weighted by Gasteiger charge is 2.31. The van der Waals surface area contributed by atoms with Gasteiger partial charge in [0.15, 0.2) is 0 Å². The highest BCUT2D eigenvalue weighted by atomic mass is 16.5. The van der Waals surface area contributed by atoms with Crippen molar-refractivity contribution in [2.75, 3.05) is 6.54 Å². The van der Waals surface area contributed by atoms with Crippen molar-refractivity contribution >= 4 is 12.4 Å². The minimum Gasteiger partial charge on any atom is -0.480 e. The van der Waals surface area contributed by atoms with E-state index in [-0.39, 0.29) is 5.92 Å². The fourth-order valence-corrected chi connectivity index (χ4v) is 1.93. The predicted octanol–water partition coefficient (Wildman–Crippen LogP) is 0.864. The smallest absolute Gasteiger partial charge is 0.324 e. The summed E-state index contributed by atoms with van der Waals surface area (Å²) in [7, 11) is 0. The zero-order valence-electron chi connectivity index (χ0n) is 11.7. The Bertz CT molecular complexity index is 422. The molecule has 0 radical (unpaired) electrons. The molecule has 0 saturated heterocycles. The normalized spacial score (nSPS) is 13.8. The molecule has 1 aromatic rings. The van der Waals surface area contributed by atoms with E-state index in [2.05, 4.69) is 10.3 Å². The number of carboxylic acid groups (broad SMARTS) is 1. The van der Waals surface area contributed by atoms with Gasteiger partial charge in [-0.05, 0) is 18.1 Å². The summed E-state index contributed by atoms with van der Waals surface area (Å²) in [5, 5.41) is 12.2. The quantitative estimate of drug-likeness (QED) is 0.652. The average molecular weight is 280 g/mol. The molecule has 0 saturated carbocycles. The van der Waals surface area contributed by atoms with Crippen LogP contribution in [0.15, 0.2) is 24.4 Å². The Morgan fingerprint density at radius 3 is 2.75 bits per heavy atom. The summed E-state index contributed by atoms with van der Waals surface area (Å²) in [6, 6.07) is 4.65. The maximum absolute atomic E-state index is 11.3. The van der Waals surface area contributed by atoms with Crippen molar-refractivity contribution in [2.24, 2.45) is 5.92 Å². The van der Waals surface area contributed by atoms with Gasteiger partial charge in [-0.3, -0.25) is 14.6 Å². The van der Waals surface area contributed by atoms with Crippen LogP contribution in [0.2, 0.25) is 0 Å². The molecule has 2 unspecified atom stereocenters. The second-order valence-corrected chi connectivity index (χ2v) is 4.78. The Balaban J connectivity index is 2.58. The number of aliphatic carboxylic acids is 1. The molecule has 0 amide bonds. The van der Waals surface area contributed by atoms with Crippen LogP contribution in [0.25, 0.3) is 0 Å². The zero-order valence-corrected chi connectivity index (χ0v) is 11.7. The van der Waals surface area contributed by atoms with Crippen LogP contribution >= 0.6 is 0 Å². The van der Waals surface area contributed by atoms with Crippen molar-refractivity contribution in [1.82, 2.24) is 10.3 Å². The molecule has 0 aliphatic rings. The summed E-state index contributed by atoms with van der Waals surface area (Å²) in [6.45, 7) is 4.36. The zero-order chi connectivity index (χ0) is 15.0. The lowest BCUT2D eigenvalue weighted by atomic mass is 9.99. The van der Waals surface area contributed by atoms with E-state index >= 15 is 0 Å². The minimum atomic E-state index is -1.04. The molecule has 2 atom stereocenters. The van der Waals surface area contributed by atoms with Crippen molar-refractivity contribution in [3.05, 3.63) is 30.1 Å². The van der Waals surface area contributed by atoms with Crippen LogP contribution in [0.5, 0.6) is 0 Å². The van der Waals surface area contributed by atoms with E-state index in [1.165, 1.54) is 0 Å². The SMILES string of the molecule is CC(C)C(OC=O)C(NCCc1ccccn1)C(=O)O. The third kappa shape index (κ3) is 4.97. The number of pyridine rings is 1. The molecule has 20 heavy (non-hydrogen) atoms. The maximum atomic E-state index is 11.3. The van der Waals surface area contributed by atoms with E-state index in [4.69, 9.17) is 4.74 Å². The molecule has 1 rings (SSSR count). The summed E-state index contributed by atoms with van der Waals surface area (Å²) in [5.41, 5.74) is 0.876. The summed E-state index contributed by atoms with van der Waals surface area (Å²) >= 11 is 0. The highest BCUT2D eigenvalue weighted by Crippen LogP contribution is 2.11. The first-order chi connectivity index (χ1) is 9.56. The molecule has 0 aromatic carbocycles. The standard InChI is InChI=1S/C14H20N2O4/c1-10(2)13(20-9-17)12(14(18)19)16-8-6-11-5-3-4-7-15-11/h3-5,7,9-10,12-13,16H,6,8H2,1-2H3,(H,18,19). The number of carbonyl (C=O) groups excluding carboxylic acids is 1. The Morgan fingerprint density at radius 1 is 1.50 bits per heavy atom. The first-order valence-corrected chi connectivity index (χ1v) is 6.51. The van der Waals surface area contributed by atoms with Crippen molar-refractivity contribution in [2.45, 2.75) is 32.4 Å². The van der Waals surface area contributed by atoms with E-state index in [9.17, 15) is 14.7 Å². The van der Waals surface area contributed by atoms with Gasteiger partial charge in [-0.15, -0.1) is 0 Å². The number of aromatic nitrogens is 1. The molecular formula is C14H20N2O4. The molecule has 0 bridgehead atoms. The first kappa shape index (κ1) is 16.1. The molecule has 6 heteroatoms. The third-order valence-corrected chi connectivity index (χ3v) is 2.94. The number of carbonyl (C=O) groups is 2. The summed E-state index contributed by atoms with van der Waals surface area (Å²) < 4.78 is 4.89. The van der Waals surface area contributed by atoms with Crippen molar-refractivity contribution in [3.8, 4) is 0 Å². The van der Waals surface area contributed by atoms with E-state index in [1.807, 2.05) is 32.0 Å². The molecular weight excluding hydrogens is 260 g/mol. The third-order valence-electron chi connectivity index (χ3n) is 2.94. The summed E-state index contributed by atoms with van der Waals surface area (Å²) in [6.07, 6.45) is 1.60. The molecule has 0 fully saturated rings. The number of nitrogens with zero attached hydrogens (tertiary/aromatic N) is 1. The van der Waals surface area contributed by atoms with Crippen molar-refractivity contribution in [1.29, 1.82) is 0 Å². The lowest BCUT2D eigenvalue weighted by molar-refractivity contribution is -0.149. The van der Waals surface area contributed by atoms with Crippen LogP contribution in [0.3, 0.4) is 0 Å². The van der Waals surface area contributed by atoms with Gasteiger partial charge in [0.1, 0.15) is 12.1 Å². The van der Waals surface area contributed by atoms with E-state index in [0.717, 1.165) is 5.69 Å². The molecule has 0 aliphatic carbocycles. The summed E-state index contributed by atoms with van der Waals surface area (Å²) in [5.74, 6) is -1.13. The maximum Gasteiger partial charge on any atom is 0.324 e. The molecule has 0 aliphatic heterocycles.